The molecule has 0 fully saturated rings. The first-order valence-corrected chi connectivity index (χ1v) is 17.1. The van der Waals surface area contributed by atoms with Crippen molar-refractivity contribution in [3.05, 3.63) is 143 Å². The van der Waals surface area contributed by atoms with Gasteiger partial charge >= 0.3 is 0 Å². The highest BCUT2D eigenvalue weighted by Gasteiger charge is 2.28. The molecule has 44 heavy (non-hydrogen) atoms. The largest absolute Gasteiger partial charge is 0.339 e. The summed E-state index contributed by atoms with van der Waals surface area (Å²) in [7, 11) is 0. The van der Waals surface area contributed by atoms with Crippen LogP contribution >= 0.6 is 0 Å². The molecule has 0 aliphatic heterocycles. The van der Waals surface area contributed by atoms with Gasteiger partial charge in [0.1, 0.15) is 0 Å². The summed E-state index contributed by atoms with van der Waals surface area (Å²) in [6, 6.07) is 20.5. The van der Waals surface area contributed by atoms with E-state index in [2.05, 4.69) is 119 Å². The number of fused-ring (bicyclic) bond motifs is 3. The van der Waals surface area contributed by atoms with E-state index in [1.807, 2.05) is 0 Å². The van der Waals surface area contributed by atoms with Gasteiger partial charge in [-0.15, -0.1) is 0 Å². The standard InChI is InChI=1S/C42H44N2/c1-3-11-31(12-4-1)32-19-25-36(26-20-32)43(35-13-5-2-6-14-35)37-27-21-33(22-28-37)34-23-29-38(30-24-34)44-41-17-9-7-15-39(41)40-16-8-10-18-42(40)44/h1,3-5,7,9,11-15,17,19,21,23,27-29,33,36H,2,6,8,10,16,18,20,22,24-26,30H2. The molecule has 0 saturated carbocycles. The van der Waals surface area contributed by atoms with E-state index in [0.29, 0.717) is 12.0 Å². The molecule has 0 bridgehead atoms. The molecule has 8 rings (SSSR count). The molecule has 3 aromatic rings. The topological polar surface area (TPSA) is 8.17 Å². The maximum absolute atomic E-state index is 2.66. The molecule has 0 radical (unpaired) electrons. The summed E-state index contributed by atoms with van der Waals surface area (Å²) in [5.74, 6) is 0.500. The SMILES string of the molecule is C1=CC(N(C2=CCC(C3=CC=C(n4c5c(c6ccccc64)CCCC5)CC3)C=C2)C2CC=C(c3ccccc3)CC2)=CCC1. The number of benzene rings is 2. The zero-order chi connectivity index (χ0) is 29.3. The van der Waals surface area contributed by atoms with Crippen molar-refractivity contribution in [3.63, 3.8) is 0 Å². The summed E-state index contributed by atoms with van der Waals surface area (Å²) in [5, 5.41) is 1.47. The Bertz CT molecular complexity index is 1770. The van der Waals surface area contributed by atoms with Crippen molar-refractivity contribution in [2.45, 2.75) is 83.1 Å². The van der Waals surface area contributed by atoms with Crippen LogP contribution in [0.2, 0.25) is 0 Å². The molecule has 2 aromatic carbocycles. The maximum Gasteiger partial charge on any atom is 0.0531 e. The first-order chi connectivity index (χ1) is 21.8. The second-order valence-corrected chi connectivity index (χ2v) is 13.2. The summed E-state index contributed by atoms with van der Waals surface area (Å²) in [6.45, 7) is 0. The van der Waals surface area contributed by atoms with E-state index in [-0.39, 0.29) is 0 Å². The number of para-hydroxylation sites is 1. The number of hydrogen-bond donors (Lipinski definition) is 0. The minimum Gasteiger partial charge on any atom is -0.339 e. The van der Waals surface area contributed by atoms with Crippen molar-refractivity contribution in [2.24, 2.45) is 5.92 Å². The van der Waals surface area contributed by atoms with Crippen LogP contribution in [0, 0.1) is 5.92 Å². The predicted octanol–water partition coefficient (Wildman–Crippen LogP) is 10.7. The van der Waals surface area contributed by atoms with Crippen LogP contribution in [0.4, 0.5) is 0 Å². The van der Waals surface area contributed by atoms with Gasteiger partial charge in [-0.25, -0.2) is 0 Å². The summed E-state index contributed by atoms with van der Waals surface area (Å²) in [4.78, 5) is 2.66. The van der Waals surface area contributed by atoms with Gasteiger partial charge in [-0.05, 0) is 118 Å². The van der Waals surface area contributed by atoms with Crippen LogP contribution in [0.25, 0.3) is 22.2 Å². The number of nitrogens with zero attached hydrogens (tertiary/aromatic N) is 2. The van der Waals surface area contributed by atoms with Crippen molar-refractivity contribution in [1.29, 1.82) is 0 Å². The fourth-order valence-corrected chi connectivity index (χ4v) is 8.34. The lowest BCUT2D eigenvalue weighted by Gasteiger charge is -2.39. The third kappa shape index (κ3) is 5.19. The molecule has 2 atom stereocenters. The minimum absolute atomic E-state index is 0.500. The van der Waals surface area contributed by atoms with E-state index in [1.165, 1.54) is 71.2 Å². The highest BCUT2D eigenvalue weighted by Crippen LogP contribution is 2.40. The van der Waals surface area contributed by atoms with E-state index in [0.717, 1.165) is 44.9 Å². The van der Waals surface area contributed by atoms with E-state index < -0.39 is 0 Å². The number of rotatable bonds is 6. The molecule has 0 saturated heterocycles. The number of aryl methyl sites for hydroxylation is 1. The molecule has 2 heteroatoms. The Hall–Kier alpha value is -4.04. The zero-order valence-corrected chi connectivity index (χ0v) is 25.9. The summed E-state index contributed by atoms with van der Waals surface area (Å²) >= 11 is 0. The molecule has 5 aliphatic carbocycles. The van der Waals surface area contributed by atoms with E-state index in [9.17, 15) is 0 Å². The molecule has 5 aliphatic rings. The minimum atomic E-state index is 0.500. The number of aromatic nitrogens is 1. The van der Waals surface area contributed by atoms with Crippen molar-refractivity contribution in [1.82, 2.24) is 9.47 Å². The Morgan fingerprint density at radius 2 is 1.57 bits per heavy atom. The van der Waals surface area contributed by atoms with Gasteiger partial charge in [0.05, 0.1) is 5.52 Å². The van der Waals surface area contributed by atoms with Crippen LogP contribution in [0.1, 0.15) is 81.0 Å². The van der Waals surface area contributed by atoms with Gasteiger partial charge in [0.2, 0.25) is 0 Å². The molecular weight excluding hydrogens is 532 g/mol. The van der Waals surface area contributed by atoms with Crippen LogP contribution in [0.5, 0.6) is 0 Å². The molecule has 0 spiro atoms. The summed E-state index contributed by atoms with van der Waals surface area (Å²) in [6.07, 6.45) is 36.2. The molecule has 222 valence electrons. The van der Waals surface area contributed by atoms with Gasteiger partial charge in [-0.3, -0.25) is 0 Å². The van der Waals surface area contributed by atoms with Gasteiger partial charge in [0.25, 0.3) is 0 Å². The molecule has 1 heterocycles. The fourth-order valence-electron chi connectivity index (χ4n) is 8.34. The average Bonchev–Trinajstić information content (AvgIpc) is 3.44. The van der Waals surface area contributed by atoms with Crippen LogP contribution in [-0.4, -0.2) is 15.5 Å². The second-order valence-electron chi connectivity index (χ2n) is 13.2. The van der Waals surface area contributed by atoms with Gasteiger partial charge < -0.3 is 9.47 Å². The monoisotopic (exact) mass is 576 g/mol. The Labute approximate surface area is 263 Å². The normalized spacial score (nSPS) is 23.3. The third-order valence-corrected chi connectivity index (χ3v) is 10.6. The highest BCUT2D eigenvalue weighted by molar-refractivity contribution is 5.89. The molecule has 2 nitrogen and oxygen atoms in total. The smallest absolute Gasteiger partial charge is 0.0531 e. The number of allylic oxidation sites excluding steroid dienone is 11. The lowest BCUT2D eigenvalue weighted by atomic mass is 9.85. The Morgan fingerprint density at radius 3 is 2.34 bits per heavy atom. The average molecular weight is 577 g/mol. The van der Waals surface area contributed by atoms with Crippen molar-refractivity contribution in [2.75, 3.05) is 0 Å². The van der Waals surface area contributed by atoms with Crippen LogP contribution in [0.15, 0.2) is 126 Å². The van der Waals surface area contributed by atoms with Crippen LogP contribution < -0.4 is 0 Å². The second kappa shape index (κ2) is 12.2. The summed E-state index contributed by atoms with van der Waals surface area (Å²) in [5.41, 5.74) is 13.3. The third-order valence-electron chi connectivity index (χ3n) is 10.6. The van der Waals surface area contributed by atoms with E-state index >= 15 is 0 Å². The fraction of sp³-hybridized carbons (Fsp3) is 0.333. The van der Waals surface area contributed by atoms with Crippen molar-refractivity contribution >= 4 is 22.2 Å². The highest BCUT2D eigenvalue weighted by atomic mass is 15.2. The molecule has 2 unspecified atom stereocenters. The van der Waals surface area contributed by atoms with Crippen molar-refractivity contribution < 1.29 is 0 Å². The molecular formula is C42H44N2. The number of hydrogen-bond acceptors (Lipinski definition) is 1. The quantitative estimate of drug-likeness (QED) is 0.283. The maximum atomic E-state index is 2.66. The lowest BCUT2D eigenvalue weighted by molar-refractivity contribution is 0.305. The van der Waals surface area contributed by atoms with E-state index in [4.69, 9.17) is 0 Å². The lowest BCUT2D eigenvalue weighted by Crippen LogP contribution is -2.35. The van der Waals surface area contributed by atoms with E-state index in [1.54, 1.807) is 16.8 Å². The van der Waals surface area contributed by atoms with Crippen LogP contribution in [0.3, 0.4) is 0 Å². The zero-order valence-electron chi connectivity index (χ0n) is 25.9. The first-order valence-electron chi connectivity index (χ1n) is 17.1. The molecule has 1 aromatic heterocycles. The van der Waals surface area contributed by atoms with Crippen LogP contribution in [-0.2, 0) is 12.8 Å². The van der Waals surface area contributed by atoms with Gasteiger partial charge in [-0.2, -0.15) is 0 Å². The first kappa shape index (κ1) is 27.5. The summed E-state index contributed by atoms with van der Waals surface area (Å²) < 4.78 is 2.62. The Balaban J connectivity index is 1.02. The molecule has 0 N–H and O–H groups in total. The molecule has 0 amide bonds. The van der Waals surface area contributed by atoms with Gasteiger partial charge in [0.15, 0.2) is 0 Å². The van der Waals surface area contributed by atoms with Crippen molar-refractivity contribution in [3.8, 4) is 0 Å². The van der Waals surface area contributed by atoms with Gasteiger partial charge in [-0.1, -0.05) is 90.6 Å². The Morgan fingerprint density at radius 1 is 0.705 bits per heavy atom. The predicted molar refractivity (Wildman–Crippen MR) is 186 cm³/mol. The Kier molecular flexibility index (Phi) is 7.60. The van der Waals surface area contributed by atoms with Gasteiger partial charge in [0, 0.05) is 40.1 Å².